The van der Waals surface area contributed by atoms with E-state index in [-0.39, 0.29) is 23.2 Å². The van der Waals surface area contributed by atoms with Crippen LogP contribution in [0.5, 0.6) is 0 Å². The monoisotopic (exact) mass is 369 g/mol. The number of aromatic amines is 2. The number of hydrogen-bond acceptors (Lipinski definition) is 4. The number of Topliss-reactive ketones (excluding diaryl/α,β-unsaturated/α-hetero) is 1. The molecule has 2 aliphatic rings. The van der Waals surface area contributed by atoms with E-state index in [0.29, 0.717) is 0 Å². The van der Waals surface area contributed by atoms with Crippen LogP contribution in [-0.2, 0) is 16.6 Å². The number of benzene rings is 1. The van der Waals surface area contributed by atoms with Crippen molar-refractivity contribution < 1.29 is 4.79 Å². The van der Waals surface area contributed by atoms with Gasteiger partial charge in [0.05, 0.1) is 28.6 Å². The molecule has 138 valence electrons. The molecule has 1 aromatic carbocycles. The van der Waals surface area contributed by atoms with Gasteiger partial charge in [0.15, 0.2) is 5.78 Å². The predicted molar refractivity (Wildman–Crippen MR) is 103 cm³/mol. The molecule has 28 heavy (non-hydrogen) atoms. The van der Waals surface area contributed by atoms with Gasteiger partial charge in [-0.25, -0.2) is 0 Å². The third-order valence-corrected chi connectivity index (χ3v) is 6.37. The largest absolute Gasteiger partial charge is 0.293 e. The maximum Gasteiger partial charge on any atom is 0.176 e. The van der Waals surface area contributed by atoms with Crippen molar-refractivity contribution in [2.24, 2.45) is 11.8 Å². The number of nitrogens with zero attached hydrogens (tertiary/aromatic N) is 3. The van der Waals surface area contributed by atoms with Crippen LogP contribution in [0.1, 0.15) is 30.2 Å². The molecule has 5 rings (SSSR count). The molecule has 0 spiro atoms. The van der Waals surface area contributed by atoms with Gasteiger partial charge < -0.3 is 0 Å². The standard InChI is InChI=1S/C22H19N5O/c1-13-18-8-7-17-19(15-11-24-25-12-15)26-27-21(17)22(18,9-14(10-23)20(13)28)16-5-3-2-4-6-16/h2-6,9,11-13,18H,7-8H2,1H3,(H,24,25)(H,26,27)/t13?,18-,22?/m0/s1. The summed E-state index contributed by atoms with van der Waals surface area (Å²) in [4.78, 5) is 12.8. The number of carbonyl (C=O) groups excluding carboxylic acids is 1. The second-order valence-electron chi connectivity index (χ2n) is 7.62. The van der Waals surface area contributed by atoms with E-state index in [1.54, 1.807) is 6.20 Å². The summed E-state index contributed by atoms with van der Waals surface area (Å²) >= 11 is 0. The van der Waals surface area contributed by atoms with E-state index >= 15 is 0 Å². The van der Waals surface area contributed by atoms with Crippen LogP contribution in [-0.4, -0.2) is 26.2 Å². The zero-order valence-corrected chi connectivity index (χ0v) is 15.4. The molecule has 3 aromatic rings. The van der Waals surface area contributed by atoms with Crippen LogP contribution < -0.4 is 0 Å². The summed E-state index contributed by atoms with van der Waals surface area (Å²) in [6.45, 7) is 1.95. The van der Waals surface area contributed by atoms with E-state index in [0.717, 1.165) is 40.9 Å². The molecule has 6 heteroatoms. The van der Waals surface area contributed by atoms with E-state index in [1.807, 2.05) is 37.4 Å². The zero-order chi connectivity index (χ0) is 19.3. The van der Waals surface area contributed by atoms with Gasteiger partial charge in [-0.05, 0) is 30.4 Å². The molecular formula is C22H19N5O. The van der Waals surface area contributed by atoms with Crippen LogP contribution in [0.2, 0.25) is 0 Å². The molecular weight excluding hydrogens is 350 g/mol. The van der Waals surface area contributed by atoms with Crippen molar-refractivity contribution in [2.45, 2.75) is 25.2 Å². The Hall–Kier alpha value is -3.46. The van der Waals surface area contributed by atoms with Gasteiger partial charge in [0.1, 0.15) is 6.07 Å². The van der Waals surface area contributed by atoms with Crippen LogP contribution in [0.25, 0.3) is 11.3 Å². The molecule has 0 bridgehead atoms. The van der Waals surface area contributed by atoms with Gasteiger partial charge >= 0.3 is 0 Å². The molecule has 6 nitrogen and oxygen atoms in total. The Morgan fingerprint density at radius 1 is 1.29 bits per heavy atom. The van der Waals surface area contributed by atoms with Gasteiger partial charge in [0, 0.05) is 23.2 Å². The zero-order valence-electron chi connectivity index (χ0n) is 15.4. The fourth-order valence-corrected chi connectivity index (χ4v) is 5.08. The number of nitrogens with one attached hydrogen (secondary N) is 2. The lowest BCUT2D eigenvalue weighted by Gasteiger charge is -2.47. The van der Waals surface area contributed by atoms with Gasteiger partial charge in [0.2, 0.25) is 0 Å². The van der Waals surface area contributed by atoms with Gasteiger partial charge in [0.25, 0.3) is 0 Å². The first-order valence-electron chi connectivity index (χ1n) is 9.46. The first-order valence-corrected chi connectivity index (χ1v) is 9.46. The van der Waals surface area contributed by atoms with E-state index in [2.05, 4.69) is 38.6 Å². The van der Waals surface area contributed by atoms with Crippen molar-refractivity contribution in [1.82, 2.24) is 20.4 Å². The molecule has 0 saturated carbocycles. The Morgan fingerprint density at radius 3 is 2.82 bits per heavy atom. The van der Waals surface area contributed by atoms with Crippen molar-refractivity contribution in [3.63, 3.8) is 0 Å². The quantitative estimate of drug-likeness (QED) is 0.724. The molecule has 2 heterocycles. The smallest absolute Gasteiger partial charge is 0.176 e. The molecule has 2 N–H and O–H groups in total. The van der Waals surface area contributed by atoms with Crippen LogP contribution in [0.4, 0.5) is 0 Å². The molecule has 0 aliphatic heterocycles. The predicted octanol–water partition coefficient (Wildman–Crippen LogP) is 3.32. The fraction of sp³-hybridized carbons (Fsp3) is 0.273. The van der Waals surface area contributed by atoms with Gasteiger partial charge in [-0.3, -0.25) is 15.0 Å². The highest BCUT2D eigenvalue weighted by molar-refractivity contribution is 6.02. The third kappa shape index (κ3) is 2.10. The third-order valence-electron chi connectivity index (χ3n) is 6.37. The number of carbonyl (C=O) groups is 1. The lowest BCUT2D eigenvalue weighted by atomic mass is 9.54. The fourth-order valence-electron chi connectivity index (χ4n) is 5.08. The second kappa shape index (κ2) is 6.03. The average Bonchev–Trinajstić information content (AvgIpc) is 3.40. The van der Waals surface area contributed by atoms with Crippen LogP contribution in [0.15, 0.2) is 54.4 Å². The Balaban J connectivity index is 1.83. The van der Waals surface area contributed by atoms with Crippen LogP contribution in [0.3, 0.4) is 0 Å². The van der Waals surface area contributed by atoms with Crippen LogP contribution in [0, 0.1) is 23.2 Å². The minimum Gasteiger partial charge on any atom is -0.293 e. The van der Waals surface area contributed by atoms with Gasteiger partial charge in [-0.1, -0.05) is 37.3 Å². The number of aromatic nitrogens is 4. The summed E-state index contributed by atoms with van der Waals surface area (Å²) in [5.74, 6) is -0.213. The lowest BCUT2D eigenvalue weighted by molar-refractivity contribution is -0.121. The summed E-state index contributed by atoms with van der Waals surface area (Å²) < 4.78 is 0. The number of H-pyrrole nitrogens is 2. The number of ketones is 1. The summed E-state index contributed by atoms with van der Waals surface area (Å²) in [6.07, 6.45) is 7.17. The highest BCUT2D eigenvalue weighted by Crippen LogP contribution is 2.54. The number of rotatable bonds is 2. The average molecular weight is 369 g/mol. The second-order valence-corrected chi connectivity index (χ2v) is 7.62. The normalized spacial score (nSPS) is 26.1. The molecule has 2 aromatic heterocycles. The Labute approximate surface area is 162 Å². The maximum absolute atomic E-state index is 12.8. The molecule has 2 unspecified atom stereocenters. The summed E-state index contributed by atoms with van der Waals surface area (Å²) in [5, 5.41) is 24.4. The highest BCUT2D eigenvalue weighted by Gasteiger charge is 2.53. The summed E-state index contributed by atoms with van der Waals surface area (Å²) in [5.41, 5.74) is 4.69. The van der Waals surface area contributed by atoms with E-state index < -0.39 is 5.41 Å². The minimum atomic E-state index is -0.567. The highest BCUT2D eigenvalue weighted by atomic mass is 16.1. The lowest BCUT2D eigenvalue weighted by Crippen LogP contribution is -2.48. The first-order chi connectivity index (χ1) is 13.7. The Bertz CT molecular complexity index is 1120. The number of nitriles is 1. The first kappa shape index (κ1) is 16.7. The van der Waals surface area contributed by atoms with E-state index in [4.69, 9.17) is 0 Å². The number of fused-ring (bicyclic) bond motifs is 3. The minimum absolute atomic E-state index is 0.0583. The Morgan fingerprint density at radius 2 is 2.11 bits per heavy atom. The number of hydrogen-bond donors (Lipinski definition) is 2. The molecule has 2 aliphatic carbocycles. The summed E-state index contributed by atoms with van der Waals surface area (Å²) in [7, 11) is 0. The SMILES string of the molecule is CC1C(=O)C(C#N)=CC2(c3ccccc3)c3[nH]nc(-c4cn[nH]c4)c3CC[C@@H]12. The summed E-state index contributed by atoms with van der Waals surface area (Å²) in [6, 6.07) is 12.3. The Kier molecular flexibility index (Phi) is 3.59. The van der Waals surface area contributed by atoms with Crippen molar-refractivity contribution >= 4 is 5.78 Å². The van der Waals surface area contributed by atoms with Crippen molar-refractivity contribution in [2.75, 3.05) is 0 Å². The van der Waals surface area contributed by atoms with E-state index in [9.17, 15) is 10.1 Å². The van der Waals surface area contributed by atoms with Crippen LogP contribution >= 0.6 is 0 Å². The molecule has 3 atom stereocenters. The molecule has 0 fully saturated rings. The molecule has 0 radical (unpaired) electrons. The topological polar surface area (TPSA) is 98.2 Å². The van der Waals surface area contributed by atoms with Crippen molar-refractivity contribution in [3.8, 4) is 17.3 Å². The van der Waals surface area contributed by atoms with Gasteiger partial charge in [-0.15, -0.1) is 0 Å². The van der Waals surface area contributed by atoms with Crippen molar-refractivity contribution in [1.29, 1.82) is 5.26 Å². The maximum atomic E-state index is 12.8. The molecule has 0 saturated heterocycles. The number of allylic oxidation sites excluding steroid dienone is 2. The van der Waals surface area contributed by atoms with Crippen molar-refractivity contribution in [3.05, 3.63) is 71.2 Å². The van der Waals surface area contributed by atoms with E-state index in [1.165, 1.54) is 0 Å². The van der Waals surface area contributed by atoms with Gasteiger partial charge in [-0.2, -0.15) is 15.5 Å². The molecule has 0 amide bonds.